The van der Waals surface area contributed by atoms with Gasteiger partial charge in [0.2, 0.25) is 5.91 Å². The fraction of sp³-hybridized carbons (Fsp3) is 0.923. The standard InChI is InChI=1S/C13H28N2O2/c1-2-12(8-9-14)6-7-13(17)15-10-4-3-5-11-16/h12,16H,2-11,14H2,1H3,(H,15,17). The molecule has 0 fully saturated rings. The van der Waals surface area contributed by atoms with Crippen molar-refractivity contribution in [2.24, 2.45) is 11.7 Å². The summed E-state index contributed by atoms with van der Waals surface area (Å²) in [5.74, 6) is 0.726. The van der Waals surface area contributed by atoms with E-state index in [1.807, 2.05) is 0 Å². The third kappa shape index (κ3) is 10.3. The van der Waals surface area contributed by atoms with E-state index in [0.717, 1.165) is 45.1 Å². The molecule has 4 N–H and O–H groups in total. The van der Waals surface area contributed by atoms with Gasteiger partial charge in [0.05, 0.1) is 0 Å². The summed E-state index contributed by atoms with van der Waals surface area (Å²) in [4.78, 5) is 11.5. The lowest BCUT2D eigenvalue weighted by atomic mass is 9.96. The van der Waals surface area contributed by atoms with Gasteiger partial charge in [0.1, 0.15) is 0 Å². The zero-order valence-corrected chi connectivity index (χ0v) is 11.1. The Hall–Kier alpha value is -0.610. The highest BCUT2D eigenvalue weighted by molar-refractivity contribution is 5.75. The minimum absolute atomic E-state index is 0.143. The van der Waals surface area contributed by atoms with Crippen LogP contribution in [0, 0.1) is 5.92 Å². The zero-order valence-electron chi connectivity index (χ0n) is 11.1. The predicted molar refractivity (Wildman–Crippen MR) is 70.6 cm³/mol. The molecule has 1 atom stereocenters. The molecule has 4 heteroatoms. The highest BCUT2D eigenvalue weighted by Gasteiger charge is 2.08. The van der Waals surface area contributed by atoms with Gasteiger partial charge in [0.25, 0.3) is 0 Å². The van der Waals surface area contributed by atoms with Crippen LogP contribution >= 0.6 is 0 Å². The SMILES string of the molecule is CCC(CCN)CCC(=O)NCCCCCO. The van der Waals surface area contributed by atoms with Gasteiger partial charge in [-0.25, -0.2) is 0 Å². The lowest BCUT2D eigenvalue weighted by molar-refractivity contribution is -0.121. The van der Waals surface area contributed by atoms with Crippen LogP contribution in [0.3, 0.4) is 0 Å². The highest BCUT2D eigenvalue weighted by atomic mass is 16.2. The molecule has 0 aromatic rings. The number of amides is 1. The molecule has 0 heterocycles. The third-order valence-corrected chi connectivity index (χ3v) is 3.09. The molecule has 0 spiro atoms. The van der Waals surface area contributed by atoms with E-state index in [2.05, 4.69) is 12.2 Å². The van der Waals surface area contributed by atoms with Gasteiger partial charge in [-0.3, -0.25) is 4.79 Å². The zero-order chi connectivity index (χ0) is 12.9. The summed E-state index contributed by atoms with van der Waals surface area (Å²) in [5, 5.41) is 11.5. The van der Waals surface area contributed by atoms with Crippen molar-refractivity contribution in [1.29, 1.82) is 0 Å². The molecule has 0 aromatic carbocycles. The maximum atomic E-state index is 11.5. The number of aliphatic hydroxyl groups excluding tert-OH is 1. The molecule has 0 radical (unpaired) electrons. The first-order valence-corrected chi connectivity index (χ1v) is 6.82. The largest absolute Gasteiger partial charge is 0.396 e. The van der Waals surface area contributed by atoms with E-state index in [1.54, 1.807) is 0 Å². The van der Waals surface area contributed by atoms with Crippen LogP contribution in [0.25, 0.3) is 0 Å². The van der Waals surface area contributed by atoms with Crippen LogP contribution in [0.5, 0.6) is 0 Å². The van der Waals surface area contributed by atoms with E-state index in [9.17, 15) is 4.79 Å². The van der Waals surface area contributed by atoms with Crippen LogP contribution in [0.2, 0.25) is 0 Å². The maximum absolute atomic E-state index is 11.5. The van der Waals surface area contributed by atoms with Crippen LogP contribution < -0.4 is 11.1 Å². The van der Waals surface area contributed by atoms with Crippen molar-refractivity contribution >= 4 is 5.91 Å². The maximum Gasteiger partial charge on any atom is 0.220 e. The fourth-order valence-electron chi connectivity index (χ4n) is 1.85. The Labute approximate surface area is 105 Å². The second-order valence-electron chi connectivity index (χ2n) is 4.52. The lowest BCUT2D eigenvalue weighted by Gasteiger charge is -2.13. The second kappa shape index (κ2) is 11.9. The van der Waals surface area contributed by atoms with Crippen molar-refractivity contribution in [3.05, 3.63) is 0 Å². The topological polar surface area (TPSA) is 75.4 Å². The molecular formula is C13H28N2O2. The number of nitrogens with one attached hydrogen (secondary N) is 1. The molecule has 0 saturated heterocycles. The smallest absolute Gasteiger partial charge is 0.220 e. The Morgan fingerprint density at radius 3 is 2.65 bits per heavy atom. The summed E-state index contributed by atoms with van der Waals surface area (Å²) in [6.07, 6.45) is 6.41. The normalized spacial score (nSPS) is 12.4. The summed E-state index contributed by atoms with van der Waals surface area (Å²) >= 11 is 0. The molecule has 17 heavy (non-hydrogen) atoms. The number of hydrogen-bond acceptors (Lipinski definition) is 3. The van der Waals surface area contributed by atoms with Crippen molar-refractivity contribution in [2.45, 2.75) is 51.9 Å². The Morgan fingerprint density at radius 2 is 2.06 bits per heavy atom. The average Bonchev–Trinajstić information content (AvgIpc) is 2.34. The van der Waals surface area contributed by atoms with Crippen LogP contribution in [0.1, 0.15) is 51.9 Å². The van der Waals surface area contributed by atoms with Crippen molar-refractivity contribution in [1.82, 2.24) is 5.32 Å². The van der Waals surface area contributed by atoms with E-state index in [-0.39, 0.29) is 12.5 Å². The third-order valence-electron chi connectivity index (χ3n) is 3.09. The predicted octanol–water partition coefficient (Wildman–Crippen LogP) is 1.42. The highest BCUT2D eigenvalue weighted by Crippen LogP contribution is 2.14. The summed E-state index contributed by atoms with van der Waals surface area (Å²) in [5.41, 5.74) is 5.52. The summed E-state index contributed by atoms with van der Waals surface area (Å²) in [7, 11) is 0. The second-order valence-corrected chi connectivity index (χ2v) is 4.52. The van der Waals surface area contributed by atoms with E-state index < -0.39 is 0 Å². The number of hydrogen-bond donors (Lipinski definition) is 3. The molecule has 0 saturated carbocycles. The van der Waals surface area contributed by atoms with Gasteiger partial charge in [0, 0.05) is 19.6 Å². The fourth-order valence-corrected chi connectivity index (χ4v) is 1.85. The molecule has 1 unspecified atom stereocenters. The van der Waals surface area contributed by atoms with Gasteiger partial charge in [-0.2, -0.15) is 0 Å². The summed E-state index contributed by atoms with van der Waals surface area (Å²) in [6.45, 7) is 3.83. The Balaban J connectivity index is 3.44. The van der Waals surface area contributed by atoms with Gasteiger partial charge >= 0.3 is 0 Å². The van der Waals surface area contributed by atoms with Gasteiger partial charge in [-0.15, -0.1) is 0 Å². The number of aliphatic hydroxyl groups is 1. The average molecular weight is 244 g/mol. The minimum Gasteiger partial charge on any atom is -0.396 e. The number of carbonyl (C=O) groups is 1. The Morgan fingerprint density at radius 1 is 1.29 bits per heavy atom. The first kappa shape index (κ1) is 16.4. The molecule has 0 aliphatic heterocycles. The Kier molecular flexibility index (Phi) is 11.4. The summed E-state index contributed by atoms with van der Waals surface area (Å²) in [6, 6.07) is 0. The van der Waals surface area contributed by atoms with E-state index in [0.29, 0.717) is 18.9 Å². The molecule has 4 nitrogen and oxygen atoms in total. The Bertz CT molecular complexity index is 186. The van der Waals surface area contributed by atoms with Gasteiger partial charge in [0.15, 0.2) is 0 Å². The van der Waals surface area contributed by atoms with Crippen molar-refractivity contribution in [3.63, 3.8) is 0 Å². The van der Waals surface area contributed by atoms with E-state index in [1.165, 1.54) is 0 Å². The van der Waals surface area contributed by atoms with Crippen molar-refractivity contribution in [3.8, 4) is 0 Å². The first-order valence-electron chi connectivity index (χ1n) is 6.82. The summed E-state index contributed by atoms with van der Waals surface area (Å²) < 4.78 is 0. The quantitative estimate of drug-likeness (QED) is 0.481. The lowest BCUT2D eigenvalue weighted by Crippen LogP contribution is -2.25. The van der Waals surface area contributed by atoms with Crippen LogP contribution in [-0.4, -0.2) is 30.7 Å². The molecule has 0 aliphatic rings. The molecule has 0 aliphatic carbocycles. The van der Waals surface area contributed by atoms with Crippen LogP contribution in [0.15, 0.2) is 0 Å². The minimum atomic E-state index is 0.143. The van der Waals surface area contributed by atoms with Gasteiger partial charge in [-0.05, 0) is 44.6 Å². The van der Waals surface area contributed by atoms with Crippen LogP contribution in [-0.2, 0) is 4.79 Å². The number of rotatable bonds is 11. The molecule has 102 valence electrons. The van der Waals surface area contributed by atoms with Gasteiger partial charge < -0.3 is 16.2 Å². The number of nitrogens with two attached hydrogens (primary N) is 1. The van der Waals surface area contributed by atoms with E-state index in [4.69, 9.17) is 10.8 Å². The van der Waals surface area contributed by atoms with E-state index >= 15 is 0 Å². The van der Waals surface area contributed by atoms with Crippen molar-refractivity contribution in [2.75, 3.05) is 19.7 Å². The monoisotopic (exact) mass is 244 g/mol. The molecular weight excluding hydrogens is 216 g/mol. The molecule has 0 aromatic heterocycles. The number of unbranched alkanes of at least 4 members (excludes halogenated alkanes) is 2. The first-order chi connectivity index (χ1) is 8.24. The van der Waals surface area contributed by atoms with Gasteiger partial charge in [-0.1, -0.05) is 13.3 Å². The molecule has 0 rings (SSSR count). The van der Waals surface area contributed by atoms with Crippen LogP contribution in [0.4, 0.5) is 0 Å². The molecule has 1 amide bonds. The number of carbonyl (C=O) groups excluding carboxylic acids is 1. The van der Waals surface area contributed by atoms with Crippen molar-refractivity contribution < 1.29 is 9.90 Å². The molecule has 0 bridgehead atoms.